The summed E-state index contributed by atoms with van der Waals surface area (Å²) in [5.41, 5.74) is 6.44. The van der Waals surface area contributed by atoms with E-state index in [2.05, 4.69) is 4.90 Å². The quantitative estimate of drug-likeness (QED) is 0.799. The van der Waals surface area contributed by atoms with Gasteiger partial charge in [-0.3, -0.25) is 4.90 Å². The molecule has 0 spiro atoms. The van der Waals surface area contributed by atoms with Crippen molar-refractivity contribution in [3.8, 4) is 5.75 Å². The van der Waals surface area contributed by atoms with Gasteiger partial charge in [-0.25, -0.2) is 4.39 Å². The van der Waals surface area contributed by atoms with E-state index in [-0.39, 0.29) is 17.2 Å². The Kier molecular flexibility index (Phi) is 6.31. The van der Waals surface area contributed by atoms with E-state index in [0.717, 1.165) is 17.2 Å². The molecule has 2 atom stereocenters. The highest BCUT2D eigenvalue weighted by Gasteiger charge is 2.32. The zero-order chi connectivity index (χ0) is 17.6. The fourth-order valence-electron chi connectivity index (χ4n) is 2.98. The molecule has 0 saturated carbocycles. The van der Waals surface area contributed by atoms with Crippen molar-refractivity contribution in [1.82, 2.24) is 4.90 Å². The van der Waals surface area contributed by atoms with Crippen molar-refractivity contribution in [2.24, 2.45) is 5.73 Å². The first-order valence-electron chi connectivity index (χ1n) is 8.31. The minimum absolute atomic E-state index is 0.149. The largest absolute Gasteiger partial charge is 0.496 e. The number of hydrogen-bond acceptors (Lipinski definition) is 5. The van der Waals surface area contributed by atoms with Crippen molar-refractivity contribution in [2.45, 2.75) is 16.2 Å². The Morgan fingerprint density at radius 3 is 2.80 bits per heavy atom. The zero-order valence-corrected chi connectivity index (χ0v) is 15.0. The van der Waals surface area contributed by atoms with E-state index in [4.69, 9.17) is 15.2 Å². The van der Waals surface area contributed by atoms with Gasteiger partial charge < -0.3 is 15.2 Å². The summed E-state index contributed by atoms with van der Waals surface area (Å²) in [6.45, 7) is 2.55. The number of hydrogen-bond donors (Lipinski definition) is 1. The van der Waals surface area contributed by atoms with E-state index in [0.29, 0.717) is 25.4 Å². The third kappa shape index (κ3) is 4.33. The van der Waals surface area contributed by atoms with Gasteiger partial charge in [0.1, 0.15) is 11.6 Å². The highest BCUT2D eigenvalue weighted by atomic mass is 32.2. The highest BCUT2D eigenvalue weighted by molar-refractivity contribution is 7.99. The topological polar surface area (TPSA) is 47.7 Å². The lowest BCUT2D eigenvalue weighted by Crippen LogP contribution is -2.46. The minimum Gasteiger partial charge on any atom is -0.496 e. The van der Waals surface area contributed by atoms with E-state index in [1.165, 1.54) is 6.07 Å². The Morgan fingerprint density at radius 2 is 2.04 bits per heavy atom. The molecule has 25 heavy (non-hydrogen) atoms. The number of nitrogens with zero attached hydrogens (tertiary/aromatic N) is 1. The Labute approximate surface area is 152 Å². The van der Waals surface area contributed by atoms with Gasteiger partial charge in [0.2, 0.25) is 0 Å². The summed E-state index contributed by atoms with van der Waals surface area (Å²) in [5, 5.41) is -0.188. The molecule has 0 bridgehead atoms. The second kappa shape index (κ2) is 8.67. The number of para-hydroxylation sites is 1. The van der Waals surface area contributed by atoms with Crippen molar-refractivity contribution < 1.29 is 13.9 Å². The van der Waals surface area contributed by atoms with Crippen LogP contribution in [0.2, 0.25) is 0 Å². The number of benzene rings is 2. The summed E-state index contributed by atoms with van der Waals surface area (Å²) in [6, 6.07) is 14.7. The second-order valence-corrected chi connectivity index (χ2v) is 7.06. The van der Waals surface area contributed by atoms with Crippen LogP contribution in [-0.4, -0.2) is 44.5 Å². The summed E-state index contributed by atoms with van der Waals surface area (Å²) >= 11 is 1.57. The van der Waals surface area contributed by atoms with E-state index in [1.54, 1.807) is 24.9 Å². The van der Waals surface area contributed by atoms with E-state index >= 15 is 0 Å². The predicted octanol–water partition coefficient (Wildman–Crippen LogP) is 3.28. The molecule has 0 aromatic heterocycles. The van der Waals surface area contributed by atoms with E-state index in [9.17, 15) is 4.39 Å². The lowest BCUT2D eigenvalue weighted by Gasteiger charge is -2.36. The number of halogens is 1. The molecule has 1 saturated heterocycles. The average molecular weight is 362 g/mol. The molecule has 1 fully saturated rings. The van der Waals surface area contributed by atoms with Crippen LogP contribution in [0.1, 0.15) is 10.8 Å². The fourth-order valence-corrected chi connectivity index (χ4v) is 4.31. The van der Waals surface area contributed by atoms with Gasteiger partial charge in [0.05, 0.1) is 30.0 Å². The molecule has 134 valence electrons. The fraction of sp³-hybridized carbons (Fsp3) is 0.368. The predicted molar refractivity (Wildman–Crippen MR) is 98.4 cm³/mol. The van der Waals surface area contributed by atoms with Crippen molar-refractivity contribution in [3.05, 3.63) is 59.9 Å². The van der Waals surface area contributed by atoms with Crippen LogP contribution in [-0.2, 0) is 4.74 Å². The number of thioether (sulfide) groups is 1. The molecule has 2 N–H and O–H groups in total. The normalized spacial score (nSPS) is 19.6. The van der Waals surface area contributed by atoms with Gasteiger partial charge in [-0.05, 0) is 18.2 Å². The molecule has 1 aliphatic heterocycles. The molecule has 1 aliphatic rings. The minimum atomic E-state index is -0.219. The summed E-state index contributed by atoms with van der Waals surface area (Å²) in [5.74, 6) is 0.559. The molecule has 0 amide bonds. The summed E-state index contributed by atoms with van der Waals surface area (Å²) in [4.78, 5) is 3.09. The highest BCUT2D eigenvalue weighted by Crippen LogP contribution is 2.44. The third-order valence-electron chi connectivity index (χ3n) is 4.31. The van der Waals surface area contributed by atoms with Crippen molar-refractivity contribution in [3.63, 3.8) is 0 Å². The Hall–Kier alpha value is -1.60. The van der Waals surface area contributed by atoms with Crippen LogP contribution in [0.3, 0.4) is 0 Å². The molecule has 3 rings (SSSR count). The van der Waals surface area contributed by atoms with Gasteiger partial charge in [-0.15, -0.1) is 11.8 Å². The number of rotatable bonds is 6. The smallest absolute Gasteiger partial charge is 0.132 e. The van der Waals surface area contributed by atoms with Crippen LogP contribution < -0.4 is 10.5 Å². The van der Waals surface area contributed by atoms with Crippen LogP contribution in [0.15, 0.2) is 53.4 Å². The monoisotopic (exact) mass is 362 g/mol. The van der Waals surface area contributed by atoms with Crippen LogP contribution in [0.25, 0.3) is 0 Å². The summed E-state index contributed by atoms with van der Waals surface area (Å²) in [6.07, 6.45) is -0.149. The molecule has 0 unspecified atom stereocenters. The maximum Gasteiger partial charge on any atom is 0.132 e. The molecule has 4 nitrogen and oxygen atoms in total. The molecule has 2 aromatic carbocycles. The molecule has 1 heterocycles. The average Bonchev–Trinajstić information content (AvgIpc) is 2.67. The molecule has 2 aromatic rings. The summed E-state index contributed by atoms with van der Waals surface area (Å²) in [7, 11) is 1.64. The van der Waals surface area contributed by atoms with Gasteiger partial charge >= 0.3 is 0 Å². The molecule has 0 aliphatic carbocycles. The van der Waals surface area contributed by atoms with Crippen molar-refractivity contribution in [2.75, 3.05) is 33.5 Å². The molecular weight excluding hydrogens is 339 g/mol. The standard InChI is InChI=1S/C19H23FN2O2S/c1-23-16-8-4-5-9-18(16)25-19(14-6-2-3-7-15(14)20)17-12-22(13-21)10-11-24-17/h2-9,17,19H,10-13,21H2,1H3/t17-,19-/m0/s1. The Bertz CT molecular complexity index is 701. The number of morpholine rings is 1. The van der Waals surface area contributed by atoms with Crippen molar-refractivity contribution >= 4 is 11.8 Å². The first kappa shape index (κ1) is 18.2. The van der Waals surface area contributed by atoms with E-state index in [1.807, 2.05) is 36.4 Å². The van der Waals surface area contributed by atoms with Gasteiger partial charge in [0, 0.05) is 25.3 Å². The van der Waals surface area contributed by atoms with E-state index < -0.39 is 0 Å². The Morgan fingerprint density at radius 1 is 1.28 bits per heavy atom. The maximum atomic E-state index is 14.5. The van der Waals surface area contributed by atoms with Crippen molar-refractivity contribution in [1.29, 1.82) is 0 Å². The van der Waals surface area contributed by atoms with Gasteiger partial charge in [-0.1, -0.05) is 30.3 Å². The van der Waals surface area contributed by atoms with Gasteiger partial charge in [0.25, 0.3) is 0 Å². The Balaban J connectivity index is 1.93. The number of methoxy groups -OCH3 is 1. The number of nitrogens with two attached hydrogens (primary N) is 1. The van der Waals surface area contributed by atoms with Gasteiger partial charge in [0.15, 0.2) is 0 Å². The number of ether oxygens (including phenoxy) is 2. The first-order valence-corrected chi connectivity index (χ1v) is 9.19. The third-order valence-corrected chi connectivity index (χ3v) is 5.71. The lowest BCUT2D eigenvalue weighted by atomic mass is 10.1. The maximum absolute atomic E-state index is 14.5. The lowest BCUT2D eigenvalue weighted by molar-refractivity contribution is -0.0286. The van der Waals surface area contributed by atoms with Crippen LogP contribution in [0.5, 0.6) is 5.75 Å². The second-order valence-electron chi connectivity index (χ2n) is 5.88. The zero-order valence-electron chi connectivity index (χ0n) is 14.2. The summed E-state index contributed by atoms with van der Waals surface area (Å²) < 4.78 is 26.0. The molecule has 0 radical (unpaired) electrons. The first-order chi connectivity index (χ1) is 12.2. The SMILES string of the molecule is COc1ccccc1S[C@@H](c1ccccc1F)[C@@H]1CN(CN)CCO1. The van der Waals surface area contributed by atoms with Crippen LogP contribution in [0.4, 0.5) is 4.39 Å². The molecular formula is C19H23FN2O2S. The van der Waals surface area contributed by atoms with Crippen LogP contribution in [0, 0.1) is 5.82 Å². The van der Waals surface area contributed by atoms with Gasteiger partial charge in [-0.2, -0.15) is 0 Å². The van der Waals surface area contributed by atoms with Crippen LogP contribution >= 0.6 is 11.8 Å². The molecule has 6 heteroatoms.